The number of amides is 1. The van der Waals surface area contributed by atoms with Crippen LogP contribution in [0.25, 0.3) is 10.8 Å². The predicted molar refractivity (Wildman–Crippen MR) is 113 cm³/mol. The maximum absolute atomic E-state index is 12.6. The Balaban J connectivity index is 1.75. The lowest BCUT2D eigenvalue weighted by Gasteiger charge is -2.24. The Bertz CT molecular complexity index is 756. The summed E-state index contributed by atoms with van der Waals surface area (Å²) in [4.78, 5) is 15.0. The number of hydrogen-bond acceptors (Lipinski definition) is 3. The highest BCUT2D eigenvalue weighted by Gasteiger charge is 2.36. The first-order valence-corrected chi connectivity index (χ1v) is 10.4. The monoisotopic (exact) mass is 367 g/mol. The molecule has 1 fully saturated rings. The summed E-state index contributed by atoms with van der Waals surface area (Å²) in [6, 6.07) is 15.9. The fourth-order valence-corrected chi connectivity index (χ4v) is 4.19. The standard InChI is InChI=1S/C23H33N3O/c1-4-20(5-2)25-21-14-22(23(27)24-6-3)26(16-21)15-17-11-12-18-9-7-8-10-19(18)13-17/h7-13,20-22,25H,4-6,14-16H2,1-3H3,(H,24,27)/t21-,22+/m1/s1. The van der Waals surface area contributed by atoms with Crippen LogP contribution in [-0.4, -0.2) is 42.0 Å². The average molecular weight is 368 g/mol. The molecule has 1 saturated heterocycles. The van der Waals surface area contributed by atoms with Gasteiger partial charge in [0.15, 0.2) is 0 Å². The molecule has 0 aromatic heterocycles. The van der Waals surface area contributed by atoms with Gasteiger partial charge in [-0.1, -0.05) is 50.2 Å². The first-order chi connectivity index (χ1) is 13.1. The van der Waals surface area contributed by atoms with Crippen LogP contribution in [0.5, 0.6) is 0 Å². The Labute approximate surface area is 163 Å². The maximum Gasteiger partial charge on any atom is 0.237 e. The lowest BCUT2D eigenvalue weighted by molar-refractivity contribution is -0.125. The molecule has 1 aliphatic heterocycles. The van der Waals surface area contributed by atoms with E-state index in [9.17, 15) is 4.79 Å². The van der Waals surface area contributed by atoms with Crippen LogP contribution in [0.15, 0.2) is 42.5 Å². The van der Waals surface area contributed by atoms with Gasteiger partial charge in [0, 0.05) is 31.7 Å². The minimum absolute atomic E-state index is 0.0525. The Morgan fingerprint density at radius 3 is 2.56 bits per heavy atom. The molecule has 0 unspecified atom stereocenters. The average Bonchev–Trinajstić information content (AvgIpc) is 3.08. The normalized spacial score (nSPS) is 20.4. The molecule has 0 saturated carbocycles. The second-order valence-electron chi connectivity index (χ2n) is 7.63. The van der Waals surface area contributed by atoms with E-state index in [4.69, 9.17) is 0 Å². The van der Waals surface area contributed by atoms with Gasteiger partial charge in [-0.3, -0.25) is 9.69 Å². The Morgan fingerprint density at radius 2 is 1.85 bits per heavy atom. The third kappa shape index (κ3) is 4.88. The third-order valence-electron chi connectivity index (χ3n) is 5.71. The van der Waals surface area contributed by atoms with Crippen molar-refractivity contribution in [2.24, 2.45) is 0 Å². The summed E-state index contributed by atoms with van der Waals surface area (Å²) >= 11 is 0. The Morgan fingerprint density at radius 1 is 1.11 bits per heavy atom. The number of rotatable bonds is 8. The minimum Gasteiger partial charge on any atom is -0.355 e. The molecule has 0 aliphatic carbocycles. The molecule has 3 rings (SSSR count). The van der Waals surface area contributed by atoms with E-state index in [1.54, 1.807) is 0 Å². The number of nitrogens with one attached hydrogen (secondary N) is 2. The highest BCUT2D eigenvalue weighted by Crippen LogP contribution is 2.24. The van der Waals surface area contributed by atoms with Gasteiger partial charge in [-0.2, -0.15) is 0 Å². The molecular formula is C23H33N3O. The minimum atomic E-state index is -0.0525. The molecule has 1 heterocycles. The lowest BCUT2D eigenvalue weighted by atomic mass is 10.1. The Hall–Kier alpha value is -1.91. The van der Waals surface area contributed by atoms with Crippen LogP contribution in [0, 0.1) is 0 Å². The third-order valence-corrected chi connectivity index (χ3v) is 5.71. The molecule has 4 heteroatoms. The number of hydrogen-bond donors (Lipinski definition) is 2. The number of nitrogens with zero attached hydrogens (tertiary/aromatic N) is 1. The van der Waals surface area contributed by atoms with E-state index in [0.717, 1.165) is 32.4 Å². The van der Waals surface area contributed by atoms with E-state index < -0.39 is 0 Å². The van der Waals surface area contributed by atoms with Gasteiger partial charge in [0.1, 0.15) is 0 Å². The number of fused-ring (bicyclic) bond motifs is 1. The molecule has 1 aliphatic rings. The topological polar surface area (TPSA) is 44.4 Å². The Kier molecular flexibility index (Phi) is 6.86. The van der Waals surface area contributed by atoms with E-state index in [0.29, 0.717) is 18.6 Å². The summed E-state index contributed by atoms with van der Waals surface area (Å²) in [6.07, 6.45) is 3.14. The van der Waals surface area contributed by atoms with Crippen LogP contribution in [0.3, 0.4) is 0 Å². The zero-order valence-electron chi connectivity index (χ0n) is 16.9. The number of likely N-dealkylation sites (N-methyl/N-ethyl adjacent to an activating group) is 1. The van der Waals surface area contributed by atoms with Crippen LogP contribution < -0.4 is 10.6 Å². The van der Waals surface area contributed by atoms with Crippen molar-refractivity contribution in [3.05, 3.63) is 48.0 Å². The van der Waals surface area contributed by atoms with Crippen molar-refractivity contribution in [2.45, 2.75) is 64.7 Å². The van der Waals surface area contributed by atoms with E-state index in [-0.39, 0.29) is 11.9 Å². The summed E-state index contributed by atoms with van der Waals surface area (Å²) in [7, 11) is 0. The van der Waals surface area contributed by atoms with Crippen LogP contribution in [0.1, 0.15) is 45.6 Å². The zero-order valence-corrected chi connectivity index (χ0v) is 16.9. The maximum atomic E-state index is 12.6. The molecule has 146 valence electrons. The molecule has 2 aromatic carbocycles. The van der Waals surface area contributed by atoms with Crippen LogP contribution in [-0.2, 0) is 11.3 Å². The fourth-order valence-electron chi connectivity index (χ4n) is 4.19. The van der Waals surface area contributed by atoms with Crippen molar-refractivity contribution in [1.29, 1.82) is 0 Å². The van der Waals surface area contributed by atoms with Crippen molar-refractivity contribution in [3.8, 4) is 0 Å². The molecule has 0 bridgehead atoms. The van der Waals surface area contributed by atoms with Gasteiger partial charge in [0.2, 0.25) is 5.91 Å². The molecule has 2 atom stereocenters. The van der Waals surface area contributed by atoms with Crippen molar-refractivity contribution in [1.82, 2.24) is 15.5 Å². The van der Waals surface area contributed by atoms with Crippen molar-refractivity contribution >= 4 is 16.7 Å². The van der Waals surface area contributed by atoms with Gasteiger partial charge in [0.05, 0.1) is 6.04 Å². The molecule has 0 spiro atoms. The molecular weight excluding hydrogens is 334 g/mol. The number of likely N-dealkylation sites (tertiary alicyclic amines) is 1. The molecule has 4 nitrogen and oxygen atoms in total. The molecule has 2 aromatic rings. The van der Waals surface area contributed by atoms with Crippen LogP contribution in [0.4, 0.5) is 0 Å². The smallest absolute Gasteiger partial charge is 0.237 e. The van der Waals surface area contributed by atoms with E-state index in [1.165, 1.54) is 16.3 Å². The highest BCUT2D eigenvalue weighted by molar-refractivity contribution is 5.83. The van der Waals surface area contributed by atoms with Crippen LogP contribution in [0.2, 0.25) is 0 Å². The summed E-state index contributed by atoms with van der Waals surface area (Å²) in [5.41, 5.74) is 1.27. The van der Waals surface area contributed by atoms with Gasteiger partial charge in [-0.05, 0) is 48.6 Å². The predicted octanol–water partition coefficient (Wildman–Crippen LogP) is 3.70. The summed E-state index contributed by atoms with van der Waals surface area (Å²) < 4.78 is 0. The van der Waals surface area contributed by atoms with Gasteiger partial charge in [0.25, 0.3) is 0 Å². The lowest BCUT2D eigenvalue weighted by Crippen LogP contribution is -2.42. The van der Waals surface area contributed by atoms with Gasteiger partial charge in [-0.25, -0.2) is 0 Å². The van der Waals surface area contributed by atoms with Crippen molar-refractivity contribution < 1.29 is 4.79 Å². The van der Waals surface area contributed by atoms with Crippen molar-refractivity contribution in [3.63, 3.8) is 0 Å². The highest BCUT2D eigenvalue weighted by atomic mass is 16.2. The molecule has 0 radical (unpaired) electrons. The zero-order chi connectivity index (χ0) is 19.2. The quantitative estimate of drug-likeness (QED) is 0.748. The SMILES string of the molecule is CCNC(=O)[C@@H]1C[C@@H](NC(CC)CC)CN1Cc1ccc2ccccc2c1. The first-order valence-electron chi connectivity index (χ1n) is 10.4. The van der Waals surface area contributed by atoms with Crippen molar-refractivity contribution in [2.75, 3.05) is 13.1 Å². The van der Waals surface area contributed by atoms with E-state index in [2.05, 4.69) is 71.8 Å². The molecule has 2 N–H and O–H groups in total. The van der Waals surface area contributed by atoms with E-state index >= 15 is 0 Å². The second-order valence-corrected chi connectivity index (χ2v) is 7.63. The number of carbonyl (C=O) groups is 1. The second kappa shape index (κ2) is 9.34. The molecule has 1 amide bonds. The number of benzene rings is 2. The van der Waals surface area contributed by atoms with Crippen LogP contribution >= 0.6 is 0 Å². The van der Waals surface area contributed by atoms with Gasteiger partial charge < -0.3 is 10.6 Å². The van der Waals surface area contributed by atoms with Gasteiger partial charge in [-0.15, -0.1) is 0 Å². The largest absolute Gasteiger partial charge is 0.355 e. The first kappa shape index (κ1) is 19.8. The molecule has 27 heavy (non-hydrogen) atoms. The van der Waals surface area contributed by atoms with Gasteiger partial charge >= 0.3 is 0 Å². The fraction of sp³-hybridized carbons (Fsp3) is 0.522. The van der Waals surface area contributed by atoms with E-state index in [1.807, 2.05) is 6.92 Å². The summed E-state index contributed by atoms with van der Waals surface area (Å²) in [5, 5.41) is 9.31. The summed E-state index contributed by atoms with van der Waals surface area (Å²) in [5.74, 6) is 0.159. The number of carbonyl (C=O) groups excluding carboxylic acids is 1. The summed E-state index contributed by atoms with van der Waals surface area (Å²) in [6.45, 7) is 8.86.